The quantitative estimate of drug-likeness (QED) is 0.654. The molecule has 0 aliphatic heterocycles. The number of amides is 2. The number of ether oxygens (including phenoxy) is 2. The van der Waals surface area contributed by atoms with E-state index >= 15 is 0 Å². The van der Waals surface area contributed by atoms with E-state index in [1.165, 1.54) is 21.8 Å². The Kier molecular flexibility index (Phi) is 8.01. The number of benzene rings is 1. The van der Waals surface area contributed by atoms with E-state index < -0.39 is 5.60 Å². The van der Waals surface area contributed by atoms with Crippen LogP contribution in [-0.2, 0) is 11.3 Å². The Labute approximate surface area is 176 Å². The van der Waals surface area contributed by atoms with Crippen molar-refractivity contribution in [3.8, 4) is 5.75 Å². The highest BCUT2D eigenvalue weighted by molar-refractivity contribution is 7.09. The van der Waals surface area contributed by atoms with Crippen LogP contribution in [0.4, 0.5) is 4.79 Å². The van der Waals surface area contributed by atoms with Crippen molar-refractivity contribution in [1.82, 2.24) is 15.2 Å². The third kappa shape index (κ3) is 8.11. The first-order valence-corrected chi connectivity index (χ1v) is 10.4. The number of carbonyl (C=O) groups excluding carboxylic acids is 2. The van der Waals surface area contributed by atoms with Crippen LogP contribution < -0.4 is 10.1 Å². The first kappa shape index (κ1) is 22.7. The van der Waals surface area contributed by atoms with E-state index in [1.54, 1.807) is 12.4 Å². The van der Waals surface area contributed by atoms with Crippen molar-refractivity contribution >= 4 is 23.3 Å². The molecule has 2 aromatic rings. The predicted molar refractivity (Wildman–Crippen MR) is 113 cm³/mol. The van der Waals surface area contributed by atoms with Crippen LogP contribution in [0.5, 0.6) is 5.75 Å². The molecule has 2 amide bonds. The largest absolute Gasteiger partial charge is 0.486 e. The number of aromatic nitrogens is 1. The lowest BCUT2D eigenvalue weighted by atomic mass is 10.2. The molecule has 0 saturated heterocycles. The molecule has 0 bridgehead atoms. The van der Waals surface area contributed by atoms with Gasteiger partial charge in [0.1, 0.15) is 28.7 Å². The van der Waals surface area contributed by atoms with E-state index in [9.17, 15) is 9.59 Å². The Morgan fingerprint density at radius 1 is 1.21 bits per heavy atom. The molecule has 1 aromatic carbocycles. The van der Waals surface area contributed by atoms with Gasteiger partial charge in [0.2, 0.25) is 0 Å². The highest BCUT2D eigenvalue weighted by atomic mass is 32.1. The smallest absolute Gasteiger partial charge is 0.410 e. The Bertz CT molecular complexity index is 812. The Morgan fingerprint density at radius 2 is 1.90 bits per heavy atom. The molecule has 29 heavy (non-hydrogen) atoms. The molecule has 0 radical (unpaired) electrons. The fourth-order valence-corrected chi connectivity index (χ4v) is 2.99. The molecule has 2 rings (SSSR count). The molecule has 0 atom stereocenters. The number of carbonyl (C=O) groups is 2. The molecule has 8 heteroatoms. The zero-order valence-electron chi connectivity index (χ0n) is 17.7. The van der Waals surface area contributed by atoms with E-state index in [2.05, 4.69) is 10.3 Å². The van der Waals surface area contributed by atoms with Gasteiger partial charge in [0.15, 0.2) is 0 Å². The molecule has 0 saturated carbocycles. The van der Waals surface area contributed by atoms with Crippen LogP contribution in [0.25, 0.3) is 0 Å². The second kappa shape index (κ2) is 10.2. The summed E-state index contributed by atoms with van der Waals surface area (Å²) in [6, 6.07) is 7.78. The summed E-state index contributed by atoms with van der Waals surface area (Å²) in [5, 5.41) is 5.28. The van der Waals surface area contributed by atoms with Gasteiger partial charge < -0.3 is 19.7 Å². The second-order valence-electron chi connectivity index (χ2n) is 7.74. The lowest BCUT2D eigenvalue weighted by Gasteiger charge is -2.24. The van der Waals surface area contributed by atoms with Gasteiger partial charge in [0.05, 0.1) is 0 Å². The van der Waals surface area contributed by atoms with Gasteiger partial charge in [-0.2, -0.15) is 0 Å². The van der Waals surface area contributed by atoms with Gasteiger partial charge in [-0.25, -0.2) is 9.78 Å². The van der Waals surface area contributed by atoms with Crippen molar-refractivity contribution in [1.29, 1.82) is 0 Å². The maximum absolute atomic E-state index is 12.2. The van der Waals surface area contributed by atoms with Crippen molar-refractivity contribution in [3.05, 3.63) is 45.9 Å². The SMILES string of the molecule is Cc1ccc(OCc2nc(C(=O)NCCCN(C)C(=O)OC(C)(C)C)cs2)cc1. The molecule has 0 aliphatic carbocycles. The van der Waals surface area contributed by atoms with Crippen molar-refractivity contribution in [2.75, 3.05) is 20.1 Å². The summed E-state index contributed by atoms with van der Waals surface area (Å²) in [6.07, 6.45) is 0.246. The van der Waals surface area contributed by atoms with E-state index in [1.807, 2.05) is 52.0 Å². The number of aryl methyl sites for hydroxylation is 1. The van der Waals surface area contributed by atoms with Gasteiger partial charge >= 0.3 is 6.09 Å². The minimum atomic E-state index is -0.523. The molecular formula is C21H29N3O4S. The molecule has 1 N–H and O–H groups in total. The third-order valence-electron chi connectivity index (χ3n) is 3.83. The van der Waals surface area contributed by atoms with Gasteiger partial charge in [-0.05, 0) is 46.2 Å². The Hall–Kier alpha value is -2.61. The van der Waals surface area contributed by atoms with Gasteiger partial charge in [0, 0.05) is 25.5 Å². The topological polar surface area (TPSA) is 80.8 Å². The number of hydrogen-bond acceptors (Lipinski definition) is 6. The van der Waals surface area contributed by atoms with Crippen molar-refractivity contribution in [2.24, 2.45) is 0 Å². The van der Waals surface area contributed by atoms with Crippen molar-refractivity contribution in [2.45, 2.75) is 46.3 Å². The minimum absolute atomic E-state index is 0.234. The molecule has 0 fully saturated rings. The highest BCUT2D eigenvalue weighted by Crippen LogP contribution is 2.16. The number of thiazole rings is 1. The van der Waals surface area contributed by atoms with Crippen LogP contribution in [-0.4, -0.2) is 47.6 Å². The highest BCUT2D eigenvalue weighted by Gasteiger charge is 2.19. The average Bonchev–Trinajstić information content (AvgIpc) is 3.12. The van der Waals surface area contributed by atoms with Crippen LogP contribution in [0.3, 0.4) is 0 Å². The lowest BCUT2D eigenvalue weighted by Crippen LogP contribution is -2.36. The standard InChI is InChI=1S/C21H29N3O4S/c1-15-7-9-16(10-8-15)27-13-18-23-17(14-29-18)19(25)22-11-6-12-24(5)20(26)28-21(2,3)4/h7-10,14H,6,11-13H2,1-5H3,(H,22,25). The average molecular weight is 420 g/mol. The summed E-state index contributed by atoms with van der Waals surface area (Å²) in [4.78, 5) is 29.9. The van der Waals surface area contributed by atoms with E-state index in [-0.39, 0.29) is 12.0 Å². The molecule has 7 nitrogen and oxygen atoms in total. The van der Waals surface area contributed by atoms with E-state index in [4.69, 9.17) is 9.47 Å². The summed E-state index contributed by atoms with van der Waals surface area (Å²) >= 11 is 1.39. The Morgan fingerprint density at radius 3 is 2.55 bits per heavy atom. The summed E-state index contributed by atoms with van der Waals surface area (Å²) in [7, 11) is 1.68. The molecule has 0 spiro atoms. The van der Waals surface area contributed by atoms with Gasteiger partial charge in [-0.15, -0.1) is 11.3 Å². The maximum Gasteiger partial charge on any atom is 0.410 e. The summed E-state index contributed by atoms with van der Waals surface area (Å²) in [6.45, 7) is 8.75. The van der Waals surface area contributed by atoms with Crippen LogP contribution in [0.15, 0.2) is 29.6 Å². The lowest BCUT2D eigenvalue weighted by molar-refractivity contribution is 0.0297. The first-order valence-electron chi connectivity index (χ1n) is 9.50. The van der Waals surface area contributed by atoms with E-state index in [0.29, 0.717) is 31.8 Å². The zero-order chi connectivity index (χ0) is 21.4. The molecule has 0 aliphatic rings. The van der Waals surface area contributed by atoms with Gasteiger partial charge in [0.25, 0.3) is 5.91 Å². The van der Waals surface area contributed by atoms with E-state index in [0.717, 1.165) is 10.8 Å². The van der Waals surface area contributed by atoms with Crippen molar-refractivity contribution in [3.63, 3.8) is 0 Å². The summed E-state index contributed by atoms with van der Waals surface area (Å²) in [5.41, 5.74) is 1.02. The molecule has 1 heterocycles. The minimum Gasteiger partial charge on any atom is -0.486 e. The van der Waals surface area contributed by atoms with Crippen molar-refractivity contribution < 1.29 is 19.1 Å². The normalized spacial score (nSPS) is 11.1. The molecule has 1 aromatic heterocycles. The summed E-state index contributed by atoms with van der Waals surface area (Å²) in [5.74, 6) is 0.536. The van der Waals surface area contributed by atoms with Crippen LogP contribution in [0, 0.1) is 6.92 Å². The number of nitrogens with zero attached hydrogens (tertiary/aromatic N) is 2. The fourth-order valence-electron chi connectivity index (χ4n) is 2.30. The first-order chi connectivity index (χ1) is 13.6. The molecule has 0 unspecified atom stereocenters. The number of nitrogens with one attached hydrogen (secondary N) is 1. The number of rotatable bonds is 8. The second-order valence-corrected chi connectivity index (χ2v) is 8.68. The van der Waals surface area contributed by atoms with Gasteiger partial charge in [-0.1, -0.05) is 17.7 Å². The zero-order valence-corrected chi connectivity index (χ0v) is 18.5. The number of hydrogen-bond donors (Lipinski definition) is 1. The molecule has 158 valence electrons. The monoisotopic (exact) mass is 419 g/mol. The van der Waals surface area contributed by atoms with Gasteiger partial charge in [-0.3, -0.25) is 4.79 Å². The third-order valence-corrected chi connectivity index (χ3v) is 4.65. The Balaban J connectivity index is 1.70. The van der Waals surface area contributed by atoms with Crippen LogP contribution in [0.2, 0.25) is 0 Å². The molecular weight excluding hydrogens is 390 g/mol. The van der Waals surface area contributed by atoms with Crippen LogP contribution >= 0.6 is 11.3 Å². The summed E-state index contributed by atoms with van der Waals surface area (Å²) < 4.78 is 11.0. The fraction of sp³-hybridized carbons (Fsp3) is 0.476. The van der Waals surface area contributed by atoms with Crippen LogP contribution in [0.1, 0.15) is 48.3 Å². The predicted octanol–water partition coefficient (Wildman–Crippen LogP) is 4.02. The maximum atomic E-state index is 12.2.